The summed E-state index contributed by atoms with van der Waals surface area (Å²) in [6.07, 6.45) is 0.511. The van der Waals surface area contributed by atoms with E-state index >= 15 is 0 Å². The lowest BCUT2D eigenvalue weighted by molar-refractivity contribution is -0.159. The molecule has 0 aliphatic carbocycles. The molecule has 0 spiro atoms. The van der Waals surface area contributed by atoms with Gasteiger partial charge in [0.2, 0.25) is 0 Å². The van der Waals surface area contributed by atoms with Gasteiger partial charge in [0.05, 0.1) is 0 Å². The highest BCUT2D eigenvalue weighted by molar-refractivity contribution is 6.93. The van der Waals surface area contributed by atoms with Crippen LogP contribution in [-0.2, 0) is 19.7 Å². The van der Waals surface area contributed by atoms with Crippen LogP contribution in [0.2, 0.25) is 4.55 Å². The predicted octanol–water partition coefficient (Wildman–Crippen LogP) is 4.12. The van der Waals surface area contributed by atoms with E-state index in [2.05, 4.69) is 48.9 Å². The second-order valence-corrected chi connectivity index (χ2v) is 7.25. The molecule has 0 fully saturated rings. The molecule has 1 aromatic rings. The number of benzene rings is 1. The molecular weight excluding hydrogens is 300 g/mol. The third-order valence-electron chi connectivity index (χ3n) is 3.08. The monoisotopic (exact) mass is 322 g/mol. The standard InChI is InChI=1S/C10H13.C6H10O3.ClH.Mg/c1-10(2,3)9-7-5-4-6-8-9;1-3-5(7)9-6(8)4-2;;/h4-8H,1H2,2-3H3;3-4H2,1-2H3;1H;/q;;;+1/p-1. The van der Waals surface area contributed by atoms with E-state index in [1.54, 1.807) is 13.8 Å². The molecule has 1 rings (SSSR count). The Kier molecular flexibility index (Phi) is 10.7. The summed E-state index contributed by atoms with van der Waals surface area (Å²) < 4.78 is 5.44. The van der Waals surface area contributed by atoms with Gasteiger partial charge in [0.1, 0.15) is 0 Å². The number of rotatable bonds is 5. The van der Waals surface area contributed by atoms with Crippen LogP contribution in [0.1, 0.15) is 46.1 Å². The Morgan fingerprint density at radius 1 is 1.10 bits per heavy atom. The Bertz CT molecular complexity index is 418. The molecule has 21 heavy (non-hydrogen) atoms. The molecule has 0 aromatic heterocycles. The SMILES string of the molecule is CC(C)([CH2][Mg][Cl])c1ccccc1.CCC(=O)OC(=O)CC. The first kappa shape index (κ1) is 20.4. The van der Waals surface area contributed by atoms with Gasteiger partial charge in [-0.2, -0.15) is 0 Å². The quantitative estimate of drug-likeness (QED) is 0.465. The molecule has 1 aromatic carbocycles. The molecule has 0 N–H and O–H groups in total. The average molecular weight is 323 g/mol. The molecule has 0 saturated heterocycles. The molecule has 0 saturated carbocycles. The molecule has 114 valence electrons. The summed E-state index contributed by atoms with van der Waals surface area (Å²) in [7, 11) is 5.87. The molecule has 5 heteroatoms. The fourth-order valence-electron chi connectivity index (χ4n) is 1.54. The Morgan fingerprint density at radius 2 is 1.57 bits per heavy atom. The summed E-state index contributed by atoms with van der Waals surface area (Å²) in [5, 5.41) is 0. The molecule has 0 bridgehead atoms. The van der Waals surface area contributed by atoms with Crippen LogP contribution < -0.4 is 0 Å². The fourth-order valence-corrected chi connectivity index (χ4v) is 3.72. The van der Waals surface area contributed by atoms with E-state index in [-0.39, 0.29) is 37.5 Å². The van der Waals surface area contributed by atoms with Crippen molar-refractivity contribution in [2.24, 2.45) is 0 Å². The minimum atomic E-state index is -0.457. The van der Waals surface area contributed by atoms with Crippen molar-refractivity contribution < 1.29 is 14.3 Å². The summed E-state index contributed by atoms with van der Waals surface area (Å²) in [5.41, 5.74) is 1.67. The minimum absolute atomic E-state index is 0.256. The minimum Gasteiger partial charge on any atom is -0.393 e. The van der Waals surface area contributed by atoms with Crippen molar-refractivity contribution in [3.63, 3.8) is 0 Å². The summed E-state index contributed by atoms with van der Waals surface area (Å²) >= 11 is -0.362. The Balaban J connectivity index is 0.000000400. The van der Waals surface area contributed by atoms with Crippen molar-refractivity contribution in [2.45, 2.75) is 50.5 Å². The number of hydrogen-bond acceptors (Lipinski definition) is 3. The second kappa shape index (κ2) is 11.0. The number of hydrogen-bond donors (Lipinski definition) is 0. The van der Waals surface area contributed by atoms with Gasteiger partial charge in [0.15, 0.2) is 0 Å². The highest BCUT2D eigenvalue weighted by atomic mass is 35.5. The van der Waals surface area contributed by atoms with Crippen LogP contribution in [0.15, 0.2) is 30.3 Å². The van der Waals surface area contributed by atoms with E-state index in [4.69, 9.17) is 9.07 Å². The molecule has 3 nitrogen and oxygen atoms in total. The van der Waals surface area contributed by atoms with Gasteiger partial charge < -0.3 is 13.8 Å². The zero-order valence-electron chi connectivity index (χ0n) is 13.3. The first-order valence-corrected chi connectivity index (χ1v) is 10.4. The third kappa shape index (κ3) is 9.12. The van der Waals surface area contributed by atoms with Crippen molar-refractivity contribution >= 4 is 40.3 Å². The lowest BCUT2D eigenvalue weighted by Gasteiger charge is -2.24. The first-order chi connectivity index (χ1) is 9.87. The smallest absolute Gasteiger partial charge is 0.393 e. The first-order valence-electron chi connectivity index (χ1n) is 7.22. The zero-order valence-corrected chi connectivity index (χ0v) is 15.5. The maximum absolute atomic E-state index is 10.3. The average Bonchev–Trinajstić information content (AvgIpc) is 2.48. The Labute approximate surface area is 140 Å². The van der Waals surface area contributed by atoms with E-state index in [0.29, 0.717) is 0 Å². The number of halogens is 1. The topological polar surface area (TPSA) is 43.4 Å². The zero-order chi connectivity index (χ0) is 16.3. The van der Waals surface area contributed by atoms with Crippen LogP contribution in [0.25, 0.3) is 0 Å². The summed E-state index contributed by atoms with van der Waals surface area (Å²) in [6, 6.07) is 10.6. The molecule has 0 amide bonds. The van der Waals surface area contributed by atoms with Gasteiger partial charge in [0.25, 0.3) is 0 Å². The van der Waals surface area contributed by atoms with Crippen LogP contribution in [0.3, 0.4) is 0 Å². The Morgan fingerprint density at radius 3 is 1.95 bits per heavy atom. The number of carbonyl (C=O) groups excluding carboxylic acids is 2. The Hall–Kier alpha value is -0.584. The van der Waals surface area contributed by atoms with Gasteiger partial charge >= 0.3 is 31.2 Å². The predicted molar refractivity (Wildman–Crippen MR) is 87.6 cm³/mol. The van der Waals surface area contributed by atoms with Crippen molar-refractivity contribution in [1.29, 1.82) is 0 Å². The maximum Gasteiger partial charge on any atom is 0.501 e. The van der Waals surface area contributed by atoms with Crippen molar-refractivity contribution in [3.8, 4) is 0 Å². The number of carbonyl (C=O) groups is 2. The summed E-state index contributed by atoms with van der Waals surface area (Å²) in [5.74, 6) is -0.913. The molecule has 0 atom stereocenters. The van der Waals surface area contributed by atoms with Gasteiger partial charge in [0, 0.05) is 12.8 Å². The van der Waals surface area contributed by atoms with Crippen LogP contribution >= 0.6 is 9.07 Å². The largest absolute Gasteiger partial charge is 0.501 e. The lowest BCUT2D eigenvalue weighted by Crippen LogP contribution is -2.17. The van der Waals surface area contributed by atoms with E-state index in [9.17, 15) is 9.59 Å². The van der Waals surface area contributed by atoms with Gasteiger partial charge in [-0.3, -0.25) is 9.59 Å². The summed E-state index contributed by atoms with van der Waals surface area (Å²) in [4.78, 5) is 20.7. The van der Waals surface area contributed by atoms with Gasteiger partial charge in [-0.1, -0.05) is 58.0 Å². The van der Waals surface area contributed by atoms with Crippen molar-refractivity contribution in [1.82, 2.24) is 0 Å². The van der Waals surface area contributed by atoms with Crippen LogP contribution in [0.5, 0.6) is 0 Å². The molecule has 0 radical (unpaired) electrons. The van der Waals surface area contributed by atoms with E-state index < -0.39 is 11.9 Å². The van der Waals surface area contributed by atoms with Crippen molar-refractivity contribution in [3.05, 3.63) is 35.9 Å². The van der Waals surface area contributed by atoms with Gasteiger partial charge in [-0.15, -0.1) is 4.55 Å². The van der Waals surface area contributed by atoms with E-state index in [0.717, 1.165) is 0 Å². The highest BCUT2D eigenvalue weighted by Gasteiger charge is 2.19. The maximum atomic E-state index is 10.3. The lowest BCUT2D eigenvalue weighted by atomic mass is 9.87. The van der Waals surface area contributed by atoms with Gasteiger partial charge in [-0.05, 0) is 11.0 Å². The molecular formula is C16H23ClMgO3. The molecule has 0 heterocycles. The normalized spacial score (nSPS) is 9.95. The number of ether oxygens (including phenoxy) is 1. The molecule has 0 unspecified atom stereocenters. The third-order valence-corrected chi connectivity index (χ3v) is 5.09. The fraction of sp³-hybridized carbons (Fsp3) is 0.500. The highest BCUT2D eigenvalue weighted by Crippen LogP contribution is 2.26. The summed E-state index contributed by atoms with van der Waals surface area (Å²) in [6.45, 7) is 7.81. The van der Waals surface area contributed by atoms with Crippen molar-refractivity contribution in [2.75, 3.05) is 0 Å². The number of esters is 2. The van der Waals surface area contributed by atoms with E-state index in [1.165, 1.54) is 10.1 Å². The molecule has 0 aliphatic rings. The van der Waals surface area contributed by atoms with Crippen LogP contribution in [0.4, 0.5) is 0 Å². The van der Waals surface area contributed by atoms with Crippen LogP contribution in [-0.4, -0.2) is 31.2 Å². The van der Waals surface area contributed by atoms with Gasteiger partial charge in [-0.25, -0.2) is 0 Å². The molecule has 0 aliphatic heterocycles. The second-order valence-electron chi connectivity index (χ2n) is 5.24. The van der Waals surface area contributed by atoms with Crippen LogP contribution in [0, 0.1) is 0 Å². The van der Waals surface area contributed by atoms with E-state index in [1.807, 2.05) is 0 Å².